The number of amides is 1. The molecule has 0 spiro atoms. The van der Waals surface area contributed by atoms with Crippen LogP contribution in [-0.4, -0.2) is 25.3 Å². The molecule has 6 heteroatoms. The number of hydrogen-bond acceptors (Lipinski definition) is 4. The third-order valence-electron chi connectivity index (χ3n) is 2.64. The Morgan fingerprint density at radius 3 is 2.50 bits per heavy atom. The van der Waals surface area contributed by atoms with Crippen molar-refractivity contribution in [2.24, 2.45) is 0 Å². The second-order valence-electron chi connectivity index (χ2n) is 3.93. The van der Waals surface area contributed by atoms with Crippen LogP contribution in [0.25, 0.3) is 0 Å². The molecule has 0 fully saturated rings. The van der Waals surface area contributed by atoms with Crippen molar-refractivity contribution in [2.75, 3.05) is 13.7 Å². The monoisotopic (exact) mass is 309 g/mol. The highest BCUT2D eigenvalue weighted by molar-refractivity contribution is 7.12. The molecule has 1 heterocycles. The summed E-state index contributed by atoms with van der Waals surface area (Å²) in [5.74, 6) is 0.163. The Morgan fingerprint density at radius 1 is 1.25 bits per heavy atom. The third-order valence-corrected chi connectivity index (χ3v) is 3.99. The molecule has 0 saturated carbocycles. The quantitative estimate of drug-likeness (QED) is 0.864. The van der Waals surface area contributed by atoms with E-state index in [-0.39, 0.29) is 18.2 Å². The highest BCUT2D eigenvalue weighted by Crippen LogP contribution is 2.21. The van der Waals surface area contributed by atoms with E-state index in [9.17, 15) is 9.59 Å². The maximum Gasteiger partial charge on any atom is 0.263 e. The molecule has 0 saturated heterocycles. The maximum absolute atomic E-state index is 11.9. The first-order valence-electron chi connectivity index (χ1n) is 5.80. The van der Waals surface area contributed by atoms with Gasteiger partial charge < -0.3 is 10.1 Å². The second kappa shape index (κ2) is 6.54. The van der Waals surface area contributed by atoms with E-state index in [0.29, 0.717) is 21.2 Å². The van der Waals surface area contributed by atoms with Crippen molar-refractivity contribution in [3.8, 4) is 5.75 Å². The number of benzene rings is 1. The van der Waals surface area contributed by atoms with Crippen molar-refractivity contribution in [1.29, 1.82) is 0 Å². The fraction of sp³-hybridized carbons (Fsp3) is 0.143. The molecule has 4 nitrogen and oxygen atoms in total. The molecule has 1 amide bonds. The summed E-state index contributed by atoms with van der Waals surface area (Å²) in [7, 11) is 1.56. The first-order valence-corrected chi connectivity index (χ1v) is 7.06. The van der Waals surface area contributed by atoms with E-state index in [4.69, 9.17) is 16.3 Å². The number of ether oxygens (including phenoxy) is 1. The topological polar surface area (TPSA) is 55.4 Å². The van der Waals surface area contributed by atoms with E-state index in [0.717, 1.165) is 0 Å². The average Bonchev–Trinajstić information content (AvgIpc) is 2.90. The minimum atomic E-state index is -0.341. The molecule has 20 heavy (non-hydrogen) atoms. The van der Waals surface area contributed by atoms with Gasteiger partial charge in [0, 0.05) is 5.56 Å². The first kappa shape index (κ1) is 14.6. The molecule has 0 aliphatic carbocycles. The summed E-state index contributed by atoms with van der Waals surface area (Å²) < 4.78 is 5.01. The van der Waals surface area contributed by atoms with Crippen LogP contribution in [0.1, 0.15) is 20.0 Å². The van der Waals surface area contributed by atoms with Crippen molar-refractivity contribution in [2.45, 2.75) is 0 Å². The fourth-order valence-electron chi connectivity index (χ4n) is 1.58. The van der Waals surface area contributed by atoms with E-state index >= 15 is 0 Å². The van der Waals surface area contributed by atoms with Gasteiger partial charge in [-0.25, -0.2) is 0 Å². The lowest BCUT2D eigenvalue weighted by Crippen LogP contribution is -2.29. The standard InChI is InChI=1S/C14H12ClNO3S/c1-19-10-4-2-9(3-5-10)12(17)8-16-14(18)13-11(15)6-7-20-13/h2-7H,8H2,1H3,(H,16,18). The summed E-state index contributed by atoms with van der Waals surface area (Å²) in [4.78, 5) is 24.1. The Kier molecular flexibility index (Phi) is 4.76. The molecule has 0 atom stereocenters. The number of carbonyl (C=O) groups is 2. The van der Waals surface area contributed by atoms with Gasteiger partial charge in [0.1, 0.15) is 10.6 Å². The Morgan fingerprint density at radius 2 is 1.95 bits per heavy atom. The van der Waals surface area contributed by atoms with Crippen LogP contribution in [0, 0.1) is 0 Å². The van der Waals surface area contributed by atoms with E-state index in [1.54, 1.807) is 42.8 Å². The number of methoxy groups -OCH3 is 1. The molecule has 0 unspecified atom stereocenters. The fourth-order valence-corrected chi connectivity index (χ4v) is 2.63. The number of nitrogens with one attached hydrogen (secondary N) is 1. The lowest BCUT2D eigenvalue weighted by Gasteiger charge is -2.05. The van der Waals surface area contributed by atoms with E-state index in [1.165, 1.54) is 11.3 Å². The number of halogens is 1. The minimum absolute atomic E-state index is 0.0700. The van der Waals surface area contributed by atoms with Crippen LogP contribution < -0.4 is 10.1 Å². The van der Waals surface area contributed by atoms with Crippen molar-refractivity contribution in [3.63, 3.8) is 0 Å². The van der Waals surface area contributed by atoms with Gasteiger partial charge in [0.2, 0.25) is 0 Å². The van der Waals surface area contributed by atoms with Crippen LogP contribution in [0.4, 0.5) is 0 Å². The molecule has 1 N–H and O–H groups in total. The van der Waals surface area contributed by atoms with Crippen LogP contribution in [0.2, 0.25) is 5.02 Å². The van der Waals surface area contributed by atoms with E-state index < -0.39 is 0 Å². The lowest BCUT2D eigenvalue weighted by molar-refractivity contribution is 0.0906. The highest BCUT2D eigenvalue weighted by atomic mass is 35.5. The molecule has 1 aromatic heterocycles. The lowest BCUT2D eigenvalue weighted by atomic mass is 10.1. The summed E-state index contributed by atoms with van der Waals surface area (Å²) in [5, 5.41) is 4.68. The van der Waals surface area contributed by atoms with Crippen molar-refractivity contribution in [3.05, 3.63) is 51.2 Å². The zero-order valence-corrected chi connectivity index (χ0v) is 12.3. The number of rotatable bonds is 5. The van der Waals surface area contributed by atoms with Crippen LogP contribution in [0.15, 0.2) is 35.7 Å². The van der Waals surface area contributed by atoms with Crippen LogP contribution >= 0.6 is 22.9 Å². The Balaban J connectivity index is 1.95. The van der Waals surface area contributed by atoms with Crippen molar-refractivity contribution in [1.82, 2.24) is 5.32 Å². The molecule has 1 aromatic carbocycles. The number of ketones is 1. The second-order valence-corrected chi connectivity index (χ2v) is 5.26. The van der Waals surface area contributed by atoms with Gasteiger partial charge in [0.25, 0.3) is 5.91 Å². The molecule has 0 aliphatic heterocycles. The minimum Gasteiger partial charge on any atom is -0.497 e. The van der Waals surface area contributed by atoms with Gasteiger partial charge in [0.05, 0.1) is 18.7 Å². The highest BCUT2D eigenvalue weighted by Gasteiger charge is 2.13. The van der Waals surface area contributed by atoms with Crippen LogP contribution in [0.3, 0.4) is 0 Å². The zero-order chi connectivity index (χ0) is 14.5. The number of Topliss-reactive ketones (excluding diaryl/α,β-unsaturated/α-hetero) is 1. The molecule has 0 radical (unpaired) electrons. The van der Waals surface area contributed by atoms with Gasteiger partial charge in [0.15, 0.2) is 5.78 Å². The molecule has 104 valence electrons. The van der Waals surface area contributed by atoms with Gasteiger partial charge in [-0.2, -0.15) is 0 Å². The Bertz CT molecular complexity index is 622. The largest absolute Gasteiger partial charge is 0.497 e. The number of hydrogen-bond donors (Lipinski definition) is 1. The van der Waals surface area contributed by atoms with Crippen LogP contribution in [0.5, 0.6) is 5.75 Å². The summed E-state index contributed by atoms with van der Waals surface area (Å²) in [6.07, 6.45) is 0. The smallest absolute Gasteiger partial charge is 0.263 e. The van der Waals surface area contributed by atoms with E-state index in [2.05, 4.69) is 5.32 Å². The van der Waals surface area contributed by atoms with Crippen molar-refractivity contribution >= 4 is 34.6 Å². The molecule has 0 aliphatic rings. The molecular weight excluding hydrogens is 298 g/mol. The zero-order valence-electron chi connectivity index (χ0n) is 10.7. The summed E-state index contributed by atoms with van der Waals surface area (Å²) in [5.41, 5.74) is 0.517. The molecular formula is C14H12ClNO3S. The molecule has 2 rings (SSSR count). The molecule has 0 bridgehead atoms. The predicted octanol–water partition coefficient (Wildman–Crippen LogP) is 3.02. The Labute approximate surface area is 125 Å². The van der Waals surface area contributed by atoms with Gasteiger partial charge in [-0.05, 0) is 35.7 Å². The van der Waals surface area contributed by atoms with Gasteiger partial charge >= 0.3 is 0 Å². The summed E-state index contributed by atoms with van der Waals surface area (Å²) in [6, 6.07) is 8.36. The molecule has 2 aromatic rings. The normalized spacial score (nSPS) is 10.1. The summed E-state index contributed by atoms with van der Waals surface area (Å²) in [6.45, 7) is -0.0700. The predicted molar refractivity (Wildman–Crippen MR) is 79.0 cm³/mol. The maximum atomic E-state index is 11.9. The Hall–Kier alpha value is -1.85. The van der Waals surface area contributed by atoms with Crippen LogP contribution in [-0.2, 0) is 0 Å². The SMILES string of the molecule is COc1ccc(C(=O)CNC(=O)c2sccc2Cl)cc1. The van der Waals surface area contributed by atoms with Crippen molar-refractivity contribution < 1.29 is 14.3 Å². The van der Waals surface area contributed by atoms with Gasteiger partial charge in [-0.15, -0.1) is 11.3 Å². The average molecular weight is 310 g/mol. The first-order chi connectivity index (χ1) is 9.61. The number of thiophene rings is 1. The number of carbonyl (C=O) groups excluding carboxylic acids is 2. The van der Waals surface area contributed by atoms with E-state index in [1.807, 2.05) is 0 Å². The van der Waals surface area contributed by atoms with Gasteiger partial charge in [-0.1, -0.05) is 11.6 Å². The third kappa shape index (κ3) is 3.37. The van der Waals surface area contributed by atoms with Gasteiger partial charge in [-0.3, -0.25) is 9.59 Å². The summed E-state index contributed by atoms with van der Waals surface area (Å²) >= 11 is 7.09.